The van der Waals surface area contributed by atoms with Gasteiger partial charge in [-0.1, -0.05) is 5.21 Å². The van der Waals surface area contributed by atoms with Crippen LogP contribution < -0.4 is 16.0 Å². The van der Waals surface area contributed by atoms with Crippen LogP contribution in [-0.4, -0.2) is 102 Å². The van der Waals surface area contributed by atoms with E-state index in [4.69, 9.17) is 28.4 Å². The molecule has 0 aromatic carbocycles. The first-order chi connectivity index (χ1) is 20.9. The van der Waals surface area contributed by atoms with Gasteiger partial charge in [0.2, 0.25) is 0 Å². The molecule has 0 aliphatic carbocycles. The highest BCUT2D eigenvalue weighted by atomic mass is 32.2. The van der Waals surface area contributed by atoms with Gasteiger partial charge in [-0.2, -0.15) is 17.8 Å². The van der Waals surface area contributed by atoms with Crippen LogP contribution in [0.15, 0.2) is 17.4 Å². The number of hydrogen-bond acceptors (Lipinski definition) is 16. The minimum absolute atomic E-state index is 0.0233. The molecule has 7 heterocycles. The van der Waals surface area contributed by atoms with Gasteiger partial charge in [0.15, 0.2) is 41.3 Å². The lowest BCUT2D eigenvalue weighted by atomic mass is 10.1. The van der Waals surface area contributed by atoms with Crippen LogP contribution in [0.3, 0.4) is 0 Å². The number of aryl methyl sites for hydroxylation is 1. The van der Waals surface area contributed by atoms with Crippen molar-refractivity contribution >= 4 is 46.3 Å². The number of anilines is 1. The van der Waals surface area contributed by atoms with E-state index in [1.165, 1.54) is 10.9 Å². The minimum atomic E-state index is -5.01. The largest absolute Gasteiger partial charge is 0.472 e. The zero-order valence-electron chi connectivity index (χ0n) is 22.3. The molecule has 1 unspecified atom stereocenters. The lowest BCUT2D eigenvalue weighted by Gasteiger charge is -2.25. The molecule has 21 nitrogen and oxygen atoms in total. The van der Waals surface area contributed by atoms with E-state index >= 15 is 4.39 Å². The normalized spacial score (nSPS) is 34.4. The summed E-state index contributed by atoms with van der Waals surface area (Å²) in [6.07, 6.45) is -8.34. The molecule has 0 saturated carbocycles. The fourth-order valence-electron chi connectivity index (χ4n) is 5.24. The van der Waals surface area contributed by atoms with Gasteiger partial charge in [-0.25, -0.2) is 28.9 Å². The standard InChI is InChI=1S/C20H23FN11O10PS/c1-7-27-18-14(19(33)28-7)29-30-32(18)11-2-8-10(39-11)4-38-43(34,35)41-15-9(3-26-44(36,37)42-8)40-20(12(15)21)31-6-25-13-16(22)23-5-24-17(13)31/h5-6,8-12,15,20,26H,2-4H2,1H3,(H,34,35)(H2,22,23,24)(H,27,28,33)/t8-,9+,10+,11+,12+,15+,20+/m0/s1. The predicted octanol–water partition coefficient (Wildman–Crippen LogP) is -1.50. The number of fused-ring (bicyclic) bond motifs is 4. The number of nitrogens with zero attached hydrogens (tertiary/aromatic N) is 8. The molecule has 0 amide bonds. The summed E-state index contributed by atoms with van der Waals surface area (Å²) in [5.41, 5.74) is 5.48. The van der Waals surface area contributed by atoms with Crippen LogP contribution >= 0.6 is 7.82 Å². The highest BCUT2D eigenvalue weighted by Gasteiger charge is 2.52. The third kappa shape index (κ3) is 5.14. The van der Waals surface area contributed by atoms with Crippen LogP contribution in [0, 0.1) is 6.92 Å². The van der Waals surface area contributed by atoms with E-state index in [9.17, 15) is 22.7 Å². The number of nitrogens with one attached hydrogen (secondary N) is 2. The van der Waals surface area contributed by atoms with Crippen molar-refractivity contribution in [3.8, 4) is 0 Å². The molecule has 24 heteroatoms. The van der Waals surface area contributed by atoms with Gasteiger partial charge in [0, 0.05) is 13.0 Å². The van der Waals surface area contributed by atoms with Gasteiger partial charge in [0.1, 0.15) is 42.1 Å². The fourth-order valence-corrected chi connectivity index (χ4v) is 7.16. The third-order valence-corrected chi connectivity index (χ3v) is 9.21. The van der Waals surface area contributed by atoms with Gasteiger partial charge in [0.25, 0.3) is 5.56 Å². The van der Waals surface area contributed by atoms with Gasteiger partial charge in [0.05, 0.1) is 12.9 Å². The molecule has 44 heavy (non-hydrogen) atoms. The Hall–Kier alpha value is -3.54. The first-order valence-corrected chi connectivity index (χ1v) is 15.8. The molecule has 4 aromatic rings. The van der Waals surface area contributed by atoms with Crippen LogP contribution in [0.5, 0.6) is 0 Å². The van der Waals surface area contributed by atoms with Gasteiger partial charge < -0.3 is 25.1 Å². The molecular formula is C20H23FN11O10PS. The molecule has 5 N–H and O–H groups in total. The van der Waals surface area contributed by atoms with E-state index in [1.54, 1.807) is 6.92 Å². The molecule has 3 saturated heterocycles. The molecule has 0 bridgehead atoms. The number of halogens is 1. The van der Waals surface area contributed by atoms with E-state index in [-0.39, 0.29) is 40.4 Å². The molecule has 8 atom stereocenters. The second-order valence-electron chi connectivity index (χ2n) is 10.1. The summed E-state index contributed by atoms with van der Waals surface area (Å²) < 4.78 is 86.6. The van der Waals surface area contributed by atoms with Crippen molar-refractivity contribution in [3.05, 3.63) is 28.8 Å². The van der Waals surface area contributed by atoms with Crippen molar-refractivity contribution in [1.29, 1.82) is 0 Å². The third-order valence-electron chi connectivity index (χ3n) is 7.20. The fraction of sp³-hybridized carbons (Fsp3) is 0.550. The van der Waals surface area contributed by atoms with E-state index in [2.05, 4.69) is 40.0 Å². The molecular weight excluding hydrogens is 636 g/mol. The van der Waals surface area contributed by atoms with Gasteiger partial charge in [-0.15, -0.1) is 5.10 Å². The number of H-pyrrole nitrogens is 1. The molecule has 3 aliphatic heterocycles. The Balaban J connectivity index is 1.15. The summed E-state index contributed by atoms with van der Waals surface area (Å²) in [7, 11) is -9.57. The van der Waals surface area contributed by atoms with Crippen molar-refractivity contribution in [1.82, 2.24) is 49.2 Å². The van der Waals surface area contributed by atoms with E-state index < -0.39 is 79.9 Å². The number of nitrogen functional groups attached to an aromatic ring is 1. The Morgan fingerprint density at radius 2 is 1.98 bits per heavy atom. The molecule has 7 rings (SSSR count). The smallest absolute Gasteiger partial charge is 0.382 e. The second kappa shape index (κ2) is 10.5. The first kappa shape index (κ1) is 29.2. The van der Waals surface area contributed by atoms with Crippen LogP contribution in [-0.2, 0) is 37.6 Å². The Kier molecular flexibility index (Phi) is 6.98. The van der Waals surface area contributed by atoms with Crippen molar-refractivity contribution in [2.75, 3.05) is 18.9 Å². The average Bonchev–Trinajstić information content (AvgIpc) is 3.72. The highest BCUT2D eigenvalue weighted by Crippen LogP contribution is 2.50. The topological polar surface area (TPSA) is 276 Å². The maximum Gasteiger partial charge on any atom is 0.472 e. The summed E-state index contributed by atoms with van der Waals surface area (Å²) in [5, 5.41) is 7.71. The highest BCUT2D eigenvalue weighted by molar-refractivity contribution is 7.84. The van der Waals surface area contributed by atoms with Gasteiger partial charge >= 0.3 is 18.1 Å². The van der Waals surface area contributed by atoms with E-state index in [1.807, 2.05) is 0 Å². The number of nitrogens with two attached hydrogens (primary N) is 1. The molecule has 0 spiro atoms. The molecule has 0 radical (unpaired) electrons. The average molecular weight is 660 g/mol. The quantitative estimate of drug-likeness (QED) is 0.178. The monoisotopic (exact) mass is 659 g/mol. The van der Waals surface area contributed by atoms with E-state index in [0.717, 1.165) is 11.0 Å². The summed E-state index contributed by atoms with van der Waals surface area (Å²) in [6.45, 7) is 0.194. The van der Waals surface area contributed by atoms with Crippen molar-refractivity contribution in [2.24, 2.45) is 0 Å². The number of rotatable bonds is 2. The molecule has 3 fully saturated rings. The summed E-state index contributed by atoms with van der Waals surface area (Å²) in [6, 6.07) is 0. The number of phosphoric ester groups is 1. The Bertz CT molecular complexity index is 1970. The maximum atomic E-state index is 15.8. The maximum absolute atomic E-state index is 15.8. The number of alkyl halides is 1. The molecule has 3 aliphatic rings. The second-order valence-corrected chi connectivity index (χ2v) is 12.9. The number of hydrogen-bond donors (Lipinski definition) is 4. The molecule has 4 aromatic heterocycles. The number of aromatic amines is 1. The Morgan fingerprint density at radius 1 is 1.16 bits per heavy atom. The van der Waals surface area contributed by atoms with Crippen LogP contribution in [0.4, 0.5) is 10.2 Å². The van der Waals surface area contributed by atoms with Crippen molar-refractivity contribution in [3.63, 3.8) is 0 Å². The lowest BCUT2D eigenvalue weighted by Crippen LogP contribution is -2.43. The van der Waals surface area contributed by atoms with Gasteiger partial charge in [-0.05, 0) is 6.92 Å². The molecule has 236 valence electrons. The zero-order valence-corrected chi connectivity index (χ0v) is 24.0. The van der Waals surface area contributed by atoms with E-state index in [0.29, 0.717) is 0 Å². The van der Waals surface area contributed by atoms with Crippen LogP contribution in [0.25, 0.3) is 22.3 Å². The first-order valence-electron chi connectivity index (χ1n) is 12.9. The van der Waals surface area contributed by atoms with Gasteiger partial charge in [-0.3, -0.25) is 22.6 Å². The Morgan fingerprint density at radius 3 is 2.80 bits per heavy atom. The summed E-state index contributed by atoms with van der Waals surface area (Å²) in [5.74, 6) is 0.287. The number of phosphoric acid groups is 1. The lowest BCUT2D eigenvalue weighted by molar-refractivity contribution is -0.0505. The number of aromatic nitrogens is 9. The number of ether oxygens (including phenoxy) is 2. The number of imidazole rings is 1. The minimum Gasteiger partial charge on any atom is -0.382 e. The van der Waals surface area contributed by atoms with Crippen LogP contribution in [0.1, 0.15) is 24.7 Å². The summed E-state index contributed by atoms with van der Waals surface area (Å²) >= 11 is 0. The zero-order chi connectivity index (χ0) is 31.0. The predicted molar refractivity (Wildman–Crippen MR) is 140 cm³/mol. The Labute approximate surface area is 244 Å². The summed E-state index contributed by atoms with van der Waals surface area (Å²) in [4.78, 5) is 41.4. The van der Waals surface area contributed by atoms with Crippen molar-refractivity contribution < 1.29 is 45.0 Å². The van der Waals surface area contributed by atoms with Crippen LogP contribution in [0.2, 0.25) is 0 Å². The van der Waals surface area contributed by atoms with Crippen molar-refractivity contribution in [2.45, 2.75) is 56.4 Å². The SMILES string of the molecule is Cc1nc2c(nnn2[C@H]2C[C@@H]3OS(=O)(=O)NC[C@H]4O[C@@H](n5cnc6c(N)ncnc65)[C@H](F)[C@@H]4OP(=O)(O)OC[C@H]3O2)c(=O)[nH]1.